The Bertz CT molecular complexity index is 932. The van der Waals surface area contributed by atoms with Crippen molar-refractivity contribution in [3.8, 4) is 0 Å². The van der Waals surface area contributed by atoms with Gasteiger partial charge < -0.3 is 18.6 Å². The molecule has 8 atom stereocenters. The standard InChI is InChI=1S/C31H52O5Si/c1-20(35-21(2)32)25-13-14-26-24-12-11-22-17-23(34-19-33-8)18-28(36-37(9,10)29(3,4)5)31(22,7)27(24)15-16-30(25,26)6/h11-12,20,23,25-28H,13-19H2,1-10H3/t20-,23+,25+,26-,27-,28-,30+,31-/m0/s1. The van der Waals surface area contributed by atoms with E-state index in [2.05, 4.69) is 66.8 Å². The summed E-state index contributed by atoms with van der Waals surface area (Å²) in [5.74, 6) is 1.29. The Morgan fingerprint density at radius 1 is 1.14 bits per heavy atom. The largest absolute Gasteiger partial charge is 0.463 e. The van der Waals surface area contributed by atoms with Crippen LogP contribution in [0.2, 0.25) is 18.1 Å². The molecule has 0 unspecified atom stereocenters. The molecule has 210 valence electrons. The number of fused-ring (bicyclic) bond motifs is 5. The highest BCUT2D eigenvalue weighted by molar-refractivity contribution is 6.74. The van der Waals surface area contributed by atoms with Crippen LogP contribution >= 0.6 is 0 Å². The smallest absolute Gasteiger partial charge is 0.302 e. The summed E-state index contributed by atoms with van der Waals surface area (Å²) in [7, 11) is -0.302. The van der Waals surface area contributed by atoms with Gasteiger partial charge in [-0.25, -0.2) is 0 Å². The molecule has 5 nitrogen and oxygen atoms in total. The lowest BCUT2D eigenvalue weighted by Crippen LogP contribution is -2.57. The summed E-state index contributed by atoms with van der Waals surface area (Å²) in [6.45, 7) is 20.7. The molecule has 0 spiro atoms. The van der Waals surface area contributed by atoms with E-state index in [-0.39, 0.29) is 40.1 Å². The predicted molar refractivity (Wildman–Crippen MR) is 151 cm³/mol. The maximum Gasteiger partial charge on any atom is 0.302 e. The SMILES string of the molecule is COCO[C@@H]1CC2=CC=C3[C@@H]4CC[C@H]([C@H](C)OC(C)=O)[C@@]4(C)CC[C@@H]3[C@@]2(C)[C@@H](O[Si](C)(C)C(C)(C)C)C1. The molecular weight excluding hydrogens is 480 g/mol. The number of allylic oxidation sites excluding steroid dienone is 3. The molecule has 0 aromatic heterocycles. The van der Waals surface area contributed by atoms with E-state index in [1.807, 2.05) is 0 Å². The van der Waals surface area contributed by atoms with Crippen LogP contribution in [0, 0.1) is 28.6 Å². The third-order valence-electron chi connectivity index (χ3n) is 11.3. The molecule has 0 amide bonds. The molecule has 3 saturated carbocycles. The molecule has 0 bridgehead atoms. The maximum absolute atomic E-state index is 11.7. The maximum atomic E-state index is 11.7. The van der Waals surface area contributed by atoms with Crippen LogP contribution in [-0.2, 0) is 23.4 Å². The Labute approximate surface area is 226 Å². The van der Waals surface area contributed by atoms with E-state index in [0.29, 0.717) is 24.5 Å². The van der Waals surface area contributed by atoms with Gasteiger partial charge in [-0.05, 0) is 80.8 Å². The van der Waals surface area contributed by atoms with Crippen LogP contribution in [0.25, 0.3) is 0 Å². The van der Waals surface area contributed by atoms with Crippen LogP contribution in [0.1, 0.15) is 87.0 Å². The van der Waals surface area contributed by atoms with Crippen molar-refractivity contribution in [1.82, 2.24) is 0 Å². The Morgan fingerprint density at radius 3 is 2.46 bits per heavy atom. The van der Waals surface area contributed by atoms with Gasteiger partial charge in [-0.1, -0.05) is 57.9 Å². The quantitative estimate of drug-likeness (QED) is 0.194. The first-order chi connectivity index (χ1) is 17.1. The zero-order valence-electron chi connectivity index (χ0n) is 25.1. The Kier molecular flexibility index (Phi) is 8.02. The predicted octanol–water partition coefficient (Wildman–Crippen LogP) is 7.43. The molecule has 4 rings (SSSR count). The van der Waals surface area contributed by atoms with Gasteiger partial charge in [0.1, 0.15) is 12.9 Å². The summed E-state index contributed by atoms with van der Waals surface area (Å²) in [5.41, 5.74) is 3.27. The first kappa shape index (κ1) is 29.0. The summed E-state index contributed by atoms with van der Waals surface area (Å²) in [4.78, 5) is 11.7. The van der Waals surface area contributed by atoms with Gasteiger partial charge in [0.2, 0.25) is 0 Å². The monoisotopic (exact) mass is 532 g/mol. The first-order valence-corrected chi connectivity index (χ1v) is 17.4. The molecule has 0 heterocycles. The number of esters is 1. The van der Waals surface area contributed by atoms with Crippen molar-refractivity contribution in [3.63, 3.8) is 0 Å². The number of hydrogen-bond acceptors (Lipinski definition) is 5. The van der Waals surface area contributed by atoms with Crippen molar-refractivity contribution in [2.45, 2.75) is 123 Å². The minimum Gasteiger partial charge on any atom is -0.463 e. The lowest BCUT2D eigenvalue weighted by molar-refractivity contribution is -0.151. The zero-order chi connectivity index (χ0) is 27.4. The van der Waals surface area contributed by atoms with Gasteiger partial charge in [0.15, 0.2) is 8.32 Å². The number of carbonyl (C=O) groups is 1. The molecular formula is C31H52O5Si. The topological polar surface area (TPSA) is 54.0 Å². The molecule has 37 heavy (non-hydrogen) atoms. The lowest BCUT2D eigenvalue weighted by atomic mass is 9.49. The summed E-state index contributed by atoms with van der Waals surface area (Å²) < 4.78 is 24.5. The number of rotatable bonds is 7. The van der Waals surface area contributed by atoms with Crippen molar-refractivity contribution in [3.05, 3.63) is 23.3 Å². The fraction of sp³-hybridized carbons (Fsp3) is 0.839. The molecule has 0 radical (unpaired) electrons. The molecule has 0 aromatic carbocycles. The van der Waals surface area contributed by atoms with Crippen LogP contribution in [0.3, 0.4) is 0 Å². The molecule has 4 aliphatic carbocycles. The number of carbonyl (C=O) groups excluding carboxylic acids is 1. The average Bonchev–Trinajstić information content (AvgIpc) is 3.14. The molecule has 0 aromatic rings. The van der Waals surface area contributed by atoms with E-state index < -0.39 is 8.32 Å². The average molecular weight is 533 g/mol. The third kappa shape index (κ3) is 5.05. The normalized spacial score (nSPS) is 38.6. The van der Waals surface area contributed by atoms with Crippen molar-refractivity contribution in [2.75, 3.05) is 13.9 Å². The van der Waals surface area contributed by atoms with E-state index in [9.17, 15) is 4.79 Å². The minimum absolute atomic E-state index is 0.0204. The summed E-state index contributed by atoms with van der Waals surface area (Å²) >= 11 is 0. The molecule has 0 aliphatic heterocycles. The van der Waals surface area contributed by atoms with Gasteiger partial charge in [0.25, 0.3) is 0 Å². The highest BCUT2D eigenvalue weighted by Crippen LogP contribution is 2.66. The van der Waals surface area contributed by atoms with E-state index in [1.54, 1.807) is 12.7 Å². The van der Waals surface area contributed by atoms with Gasteiger partial charge in [-0.3, -0.25) is 4.79 Å². The van der Waals surface area contributed by atoms with Crippen LogP contribution in [0.5, 0.6) is 0 Å². The highest BCUT2D eigenvalue weighted by Gasteiger charge is 2.60. The number of hydrogen-bond donors (Lipinski definition) is 0. The van der Waals surface area contributed by atoms with Crippen LogP contribution in [0.4, 0.5) is 0 Å². The summed E-state index contributed by atoms with van der Waals surface area (Å²) in [5, 5.41) is 0.150. The lowest BCUT2D eigenvalue weighted by Gasteiger charge is -2.59. The van der Waals surface area contributed by atoms with Crippen LogP contribution < -0.4 is 0 Å². The van der Waals surface area contributed by atoms with Crippen LogP contribution in [0.15, 0.2) is 23.3 Å². The Balaban J connectivity index is 1.68. The van der Waals surface area contributed by atoms with Crippen molar-refractivity contribution in [1.29, 1.82) is 0 Å². The van der Waals surface area contributed by atoms with Gasteiger partial charge in [-0.2, -0.15) is 0 Å². The van der Waals surface area contributed by atoms with Crippen molar-refractivity contribution in [2.24, 2.45) is 28.6 Å². The molecule has 0 N–H and O–H groups in total. The van der Waals surface area contributed by atoms with Crippen molar-refractivity contribution < 1.29 is 23.4 Å². The van der Waals surface area contributed by atoms with Crippen molar-refractivity contribution >= 4 is 14.3 Å². The Hall–Kier alpha value is -0.953. The van der Waals surface area contributed by atoms with Gasteiger partial charge >= 0.3 is 5.97 Å². The van der Waals surface area contributed by atoms with E-state index in [1.165, 1.54) is 25.3 Å². The van der Waals surface area contributed by atoms with Gasteiger partial charge in [-0.15, -0.1) is 0 Å². The minimum atomic E-state index is -2.00. The molecule has 0 saturated heterocycles. The second-order valence-electron chi connectivity index (χ2n) is 14.3. The highest BCUT2D eigenvalue weighted by atomic mass is 28.4. The fourth-order valence-corrected chi connectivity index (χ4v) is 9.56. The summed E-state index contributed by atoms with van der Waals surface area (Å²) in [6.07, 6.45) is 11.6. The second kappa shape index (κ2) is 10.2. The van der Waals surface area contributed by atoms with E-state index in [4.69, 9.17) is 18.6 Å². The Morgan fingerprint density at radius 2 is 1.84 bits per heavy atom. The van der Waals surface area contributed by atoms with Gasteiger partial charge in [0.05, 0.1) is 12.2 Å². The molecule has 6 heteroatoms. The van der Waals surface area contributed by atoms with E-state index >= 15 is 0 Å². The molecule has 4 aliphatic rings. The van der Waals surface area contributed by atoms with Gasteiger partial charge in [0, 0.05) is 25.4 Å². The first-order valence-electron chi connectivity index (χ1n) is 14.5. The fourth-order valence-electron chi connectivity index (χ4n) is 8.15. The number of methoxy groups -OCH3 is 1. The second-order valence-corrected chi connectivity index (χ2v) is 19.0. The van der Waals surface area contributed by atoms with E-state index in [0.717, 1.165) is 25.7 Å². The number of ether oxygens (including phenoxy) is 3. The third-order valence-corrected chi connectivity index (χ3v) is 15.7. The van der Waals surface area contributed by atoms with Crippen LogP contribution in [-0.4, -0.2) is 46.5 Å². The molecule has 3 fully saturated rings. The summed E-state index contributed by atoms with van der Waals surface area (Å²) in [6, 6.07) is 0. The zero-order valence-corrected chi connectivity index (χ0v) is 26.1.